The van der Waals surface area contributed by atoms with Crippen LogP contribution in [-0.4, -0.2) is 42.5 Å². The fourth-order valence-electron chi connectivity index (χ4n) is 3.29. The van der Waals surface area contributed by atoms with Crippen LogP contribution in [0.2, 0.25) is 5.02 Å². The quantitative estimate of drug-likeness (QED) is 0.843. The van der Waals surface area contributed by atoms with Crippen molar-refractivity contribution in [1.29, 1.82) is 0 Å². The van der Waals surface area contributed by atoms with Crippen molar-refractivity contribution in [2.45, 2.75) is 19.4 Å². The number of nitrogens with zero attached hydrogens (tertiary/aromatic N) is 2. The summed E-state index contributed by atoms with van der Waals surface area (Å²) in [5, 5.41) is 3.56. The molecule has 5 nitrogen and oxygen atoms in total. The maximum atomic E-state index is 12.5. The van der Waals surface area contributed by atoms with Crippen LogP contribution in [0.3, 0.4) is 0 Å². The first-order valence-electron chi connectivity index (χ1n) is 8.88. The van der Waals surface area contributed by atoms with Gasteiger partial charge in [0.25, 0.3) is 5.91 Å². The molecule has 0 bridgehead atoms. The van der Waals surface area contributed by atoms with Gasteiger partial charge in [0.1, 0.15) is 5.75 Å². The SMILES string of the molecule is COc1ccc(Cl)cc1C(=O)NCC1CCN(Cc2cccnc2)CC1. The molecule has 1 saturated heterocycles. The van der Waals surface area contributed by atoms with Crippen molar-refractivity contribution in [2.75, 3.05) is 26.7 Å². The number of hydrogen-bond acceptors (Lipinski definition) is 4. The zero-order valence-electron chi connectivity index (χ0n) is 15.0. The zero-order valence-corrected chi connectivity index (χ0v) is 15.7. The Morgan fingerprint density at radius 3 is 2.85 bits per heavy atom. The molecule has 1 fully saturated rings. The Balaban J connectivity index is 1.46. The second kappa shape index (κ2) is 9.01. The molecule has 0 aliphatic carbocycles. The summed E-state index contributed by atoms with van der Waals surface area (Å²) in [6, 6.07) is 9.16. The summed E-state index contributed by atoms with van der Waals surface area (Å²) in [4.78, 5) is 19.1. The van der Waals surface area contributed by atoms with Crippen LogP contribution < -0.4 is 10.1 Å². The summed E-state index contributed by atoms with van der Waals surface area (Å²) in [6.07, 6.45) is 5.87. The highest BCUT2D eigenvalue weighted by atomic mass is 35.5. The van der Waals surface area contributed by atoms with E-state index in [0.717, 1.165) is 32.5 Å². The van der Waals surface area contributed by atoms with Crippen LogP contribution in [-0.2, 0) is 6.54 Å². The van der Waals surface area contributed by atoms with Crippen LogP contribution in [0.25, 0.3) is 0 Å². The second-order valence-corrected chi connectivity index (χ2v) is 7.07. The van der Waals surface area contributed by atoms with Gasteiger partial charge in [-0.05, 0) is 61.7 Å². The lowest BCUT2D eigenvalue weighted by Gasteiger charge is -2.32. The highest BCUT2D eigenvalue weighted by Gasteiger charge is 2.21. The molecule has 0 saturated carbocycles. The van der Waals surface area contributed by atoms with E-state index in [1.54, 1.807) is 31.5 Å². The van der Waals surface area contributed by atoms with Crippen molar-refractivity contribution < 1.29 is 9.53 Å². The Morgan fingerprint density at radius 2 is 2.15 bits per heavy atom. The molecule has 1 aromatic heterocycles. The van der Waals surface area contributed by atoms with E-state index in [9.17, 15) is 4.79 Å². The average Bonchev–Trinajstić information content (AvgIpc) is 2.68. The largest absolute Gasteiger partial charge is 0.496 e. The molecule has 138 valence electrons. The molecule has 0 atom stereocenters. The van der Waals surface area contributed by atoms with Gasteiger partial charge in [-0.15, -0.1) is 0 Å². The zero-order chi connectivity index (χ0) is 18.4. The fourth-order valence-corrected chi connectivity index (χ4v) is 3.46. The van der Waals surface area contributed by atoms with Crippen molar-refractivity contribution in [3.63, 3.8) is 0 Å². The number of rotatable bonds is 6. The highest BCUT2D eigenvalue weighted by Crippen LogP contribution is 2.23. The average molecular weight is 374 g/mol. The minimum Gasteiger partial charge on any atom is -0.496 e. The van der Waals surface area contributed by atoms with Gasteiger partial charge >= 0.3 is 0 Å². The molecule has 6 heteroatoms. The highest BCUT2D eigenvalue weighted by molar-refractivity contribution is 6.31. The number of ether oxygens (including phenoxy) is 1. The van der Waals surface area contributed by atoms with Crippen molar-refractivity contribution >= 4 is 17.5 Å². The number of nitrogens with one attached hydrogen (secondary N) is 1. The first kappa shape index (κ1) is 18.7. The Kier molecular flexibility index (Phi) is 6.47. The van der Waals surface area contributed by atoms with E-state index in [0.29, 0.717) is 28.8 Å². The van der Waals surface area contributed by atoms with E-state index >= 15 is 0 Å². The van der Waals surface area contributed by atoms with Gasteiger partial charge in [0, 0.05) is 30.5 Å². The third-order valence-electron chi connectivity index (χ3n) is 4.79. The summed E-state index contributed by atoms with van der Waals surface area (Å²) in [7, 11) is 1.55. The summed E-state index contributed by atoms with van der Waals surface area (Å²) in [6.45, 7) is 3.69. The Bertz CT molecular complexity index is 731. The number of pyridine rings is 1. The number of amides is 1. The number of methoxy groups -OCH3 is 1. The van der Waals surface area contributed by atoms with Crippen LogP contribution in [0.15, 0.2) is 42.7 Å². The first-order valence-corrected chi connectivity index (χ1v) is 9.26. The van der Waals surface area contributed by atoms with E-state index in [1.807, 2.05) is 12.3 Å². The normalized spacial score (nSPS) is 15.6. The van der Waals surface area contributed by atoms with Crippen molar-refractivity contribution in [3.8, 4) is 5.75 Å². The van der Waals surface area contributed by atoms with Gasteiger partial charge in [-0.25, -0.2) is 0 Å². The van der Waals surface area contributed by atoms with Gasteiger partial charge < -0.3 is 10.1 Å². The molecule has 0 radical (unpaired) electrons. The molecule has 26 heavy (non-hydrogen) atoms. The van der Waals surface area contributed by atoms with E-state index in [-0.39, 0.29) is 5.91 Å². The molecule has 0 spiro atoms. The monoisotopic (exact) mass is 373 g/mol. The van der Waals surface area contributed by atoms with Gasteiger partial charge in [0.05, 0.1) is 12.7 Å². The molecule has 3 rings (SSSR count). The topological polar surface area (TPSA) is 54.5 Å². The number of hydrogen-bond donors (Lipinski definition) is 1. The van der Waals surface area contributed by atoms with Crippen molar-refractivity contribution in [2.24, 2.45) is 5.92 Å². The third-order valence-corrected chi connectivity index (χ3v) is 5.03. The maximum Gasteiger partial charge on any atom is 0.255 e. The lowest BCUT2D eigenvalue weighted by molar-refractivity contribution is 0.0932. The van der Waals surface area contributed by atoms with Gasteiger partial charge in [0.2, 0.25) is 0 Å². The first-order chi connectivity index (χ1) is 12.7. The Morgan fingerprint density at radius 1 is 1.35 bits per heavy atom. The number of benzene rings is 1. The van der Waals surface area contributed by atoms with Gasteiger partial charge in [-0.1, -0.05) is 17.7 Å². The predicted molar refractivity (Wildman–Crippen MR) is 103 cm³/mol. The molecule has 1 N–H and O–H groups in total. The van der Waals surface area contributed by atoms with Gasteiger partial charge in [0.15, 0.2) is 0 Å². The molecular weight excluding hydrogens is 350 g/mol. The smallest absolute Gasteiger partial charge is 0.255 e. The van der Waals surface area contributed by atoms with E-state index in [2.05, 4.69) is 21.3 Å². The van der Waals surface area contributed by atoms with E-state index < -0.39 is 0 Å². The lowest BCUT2D eigenvalue weighted by Crippen LogP contribution is -2.38. The van der Waals surface area contributed by atoms with Crippen LogP contribution in [0.5, 0.6) is 5.75 Å². The van der Waals surface area contributed by atoms with E-state index in [4.69, 9.17) is 16.3 Å². The fraction of sp³-hybridized carbons (Fsp3) is 0.400. The predicted octanol–water partition coefficient (Wildman–Crippen LogP) is 3.39. The molecule has 0 unspecified atom stereocenters. The third kappa shape index (κ3) is 4.96. The van der Waals surface area contributed by atoms with Crippen LogP contribution in [0.4, 0.5) is 0 Å². The Labute approximate surface area is 159 Å². The number of carbonyl (C=O) groups is 1. The minimum atomic E-state index is -0.137. The van der Waals surface area contributed by atoms with E-state index in [1.165, 1.54) is 5.56 Å². The summed E-state index contributed by atoms with van der Waals surface area (Å²) in [5.41, 5.74) is 1.72. The molecule has 2 heterocycles. The summed E-state index contributed by atoms with van der Waals surface area (Å²) < 4.78 is 5.25. The van der Waals surface area contributed by atoms with Crippen LogP contribution in [0.1, 0.15) is 28.8 Å². The molecule has 1 aliphatic heterocycles. The lowest BCUT2D eigenvalue weighted by atomic mass is 9.96. The number of halogens is 1. The van der Waals surface area contributed by atoms with Crippen LogP contribution in [0, 0.1) is 5.92 Å². The number of carbonyl (C=O) groups excluding carboxylic acids is 1. The number of likely N-dealkylation sites (tertiary alicyclic amines) is 1. The van der Waals surface area contributed by atoms with Crippen molar-refractivity contribution in [1.82, 2.24) is 15.2 Å². The number of piperidine rings is 1. The van der Waals surface area contributed by atoms with Gasteiger partial charge in [-0.2, -0.15) is 0 Å². The summed E-state index contributed by atoms with van der Waals surface area (Å²) in [5.74, 6) is 0.898. The molecule has 2 aromatic rings. The maximum absolute atomic E-state index is 12.5. The van der Waals surface area contributed by atoms with Gasteiger partial charge in [-0.3, -0.25) is 14.7 Å². The molecule has 1 aliphatic rings. The molecule has 1 aromatic carbocycles. The molecule has 1 amide bonds. The molecular formula is C20H24ClN3O2. The van der Waals surface area contributed by atoms with Crippen LogP contribution >= 0.6 is 11.6 Å². The summed E-state index contributed by atoms with van der Waals surface area (Å²) >= 11 is 6.00. The Hall–Kier alpha value is -2.11. The number of aromatic nitrogens is 1. The second-order valence-electron chi connectivity index (χ2n) is 6.64. The minimum absolute atomic E-state index is 0.137. The van der Waals surface area contributed by atoms with Crippen molar-refractivity contribution in [3.05, 3.63) is 58.9 Å². The standard InChI is InChI=1S/C20H24ClN3O2/c1-26-19-5-4-17(21)11-18(19)20(25)23-13-15-6-9-24(10-7-15)14-16-3-2-8-22-12-16/h2-5,8,11-12,15H,6-7,9-10,13-14H2,1H3,(H,23,25).